The Morgan fingerprint density at radius 3 is 2.56 bits per heavy atom. The number of carbonyl (C=O) groups is 1. The summed E-state index contributed by atoms with van der Waals surface area (Å²) in [6.07, 6.45) is 6.10. The predicted molar refractivity (Wildman–Crippen MR) is 111 cm³/mol. The highest BCUT2D eigenvalue weighted by Gasteiger charge is 2.20. The molecule has 0 radical (unpaired) electrons. The Morgan fingerprint density at radius 2 is 1.89 bits per heavy atom. The van der Waals surface area contributed by atoms with Crippen LogP contribution in [0.5, 0.6) is 0 Å². The zero-order valence-electron chi connectivity index (χ0n) is 16.0. The van der Waals surface area contributed by atoms with Gasteiger partial charge in [0.25, 0.3) is 0 Å². The summed E-state index contributed by atoms with van der Waals surface area (Å²) in [5.41, 5.74) is 2.29. The van der Waals surface area contributed by atoms with Crippen molar-refractivity contribution in [2.75, 3.05) is 5.32 Å². The van der Waals surface area contributed by atoms with Crippen molar-refractivity contribution in [3.8, 4) is 0 Å². The Morgan fingerprint density at radius 1 is 1.15 bits per heavy atom. The van der Waals surface area contributed by atoms with Gasteiger partial charge in [0.05, 0.1) is 5.69 Å². The number of nitrogens with one attached hydrogen (secondary N) is 2. The van der Waals surface area contributed by atoms with E-state index in [2.05, 4.69) is 17.2 Å². The lowest BCUT2D eigenvalue weighted by molar-refractivity contribution is -0.118. The molecule has 0 aliphatic heterocycles. The third-order valence-corrected chi connectivity index (χ3v) is 4.25. The fourth-order valence-corrected chi connectivity index (χ4v) is 2.79. The van der Waals surface area contributed by atoms with Gasteiger partial charge in [-0.3, -0.25) is 4.79 Å². The van der Waals surface area contributed by atoms with Crippen molar-refractivity contribution in [3.63, 3.8) is 0 Å². The largest absolute Gasteiger partial charge is 0.380 e. The monoisotopic (exact) mass is 366 g/mol. The van der Waals surface area contributed by atoms with E-state index in [0.717, 1.165) is 18.4 Å². The number of halogens is 1. The summed E-state index contributed by atoms with van der Waals surface area (Å²) >= 11 is 0. The molecule has 0 heterocycles. The van der Waals surface area contributed by atoms with Crippen LogP contribution >= 0.6 is 0 Å². The smallest absolute Gasteiger partial charge is 0.246 e. The first-order chi connectivity index (χ1) is 13.1. The van der Waals surface area contributed by atoms with E-state index in [9.17, 15) is 9.18 Å². The quantitative estimate of drug-likeness (QED) is 0.614. The fraction of sp³-hybridized carbons (Fsp3) is 0.261. The summed E-state index contributed by atoms with van der Waals surface area (Å²) in [6, 6.07) is 13.9. The molecule has 2 rings (SSSR count). The summed E-state index contributed by atoms with van der Waals surface area (Å²) in [6.45, 7) is 8.13. The number of hydrogen-bond donors (Lipinski definition) is 2. The van der Waals surface area contributed by atoms with Crippen LogP contribution in [0, 0.1) is 5.82 Å². The number of rotatable bonds is 9. The van der Waals surface area contributed by atoms with Gasteiger partial charge in [0, 0.05) is 5.56 Å². The van der Waals surface area contributed by atoms with Crippen molar-refractivity contribution in [1.29, 1.82) is 0 Å². The Kier molecular flexibility index (Phi) is 7.80. The van der Waals surface area contributed by atoms with Gasteiger partial charge in [0.2, 0.25) is 5.91 Å². The summed E-state index contributed by atoms with van der Waals surface area (Å²) < 4.78 is 14.6. The van der Waals surface area contributed by atoms with Crippen molar-refractivity contribution < 1.29 is 9.18 Å². The van der Waals surface area contributed by atoms with Crippen molar-refractivity contribution in [2.45, 2.75) is 39.2 Å². The molecule has 1 atom stereocenters. The molecule has 142 valence electrons. The van der Waals surface area contributed by atoms with Crippen LogP contribution in [0.3, 0.4) is 0 Å². The molecule has 4 heteroatoms. The van der Waals surface area contributed by atoms with Crippen molar-refractivity contribution in [3.05, 3.63) is 84.3 Å². The molecular weight excluding hydrogens is 339 g/mol. The van der Waals surface area contributed by atoms with Crippen LogP contribution in [-0.2, 0) is 4.79 Å². The number of carbonyl (C=O) groups excluding carboxylic acids is 1. The number of anilines is 1. The van der Waals surface area contributed by atoms with Crippen LogP contribution in [0.15, 0.2) is 67.4 Å². The first-order valence-electron chi connectivity index (χ1n) is 9.33. The van der Waals surface area contributed by atoms with Crippen molar-refractivity contribution in [2.24, 2.45) is 0 Å². The number of amides is 1. The molecule has 2 aromatic rings. The number of hydrogen-bond acceptors (Lipinski definition) is 2. The summed E-state index contributed by atoms with van der Waals surface area (Å²) in [5.74, 6) is -0.734. The molecule has 1 unspecified atom stereocenters. The van der Waals surface area contributed by atoms with E-state index >= 15 is 0 Å². The Hall–Kier alpha value is -2.88. The Bertz CT molecular complexity index is 799. The minimum Gasteiger partial charge on any atom is -0.380 e. The fourth-order valence-electron chi connectivity index (χ4n) is 2.79. The third kappa shape index (κ3) is 5.55. The van der Waals surface area contributed by atoms with E-state index in [4.69, 9.17) is 0 Å². The van der Waals surface area contributed by atoms with Gasteiger partial charge in [-0.1, -0.05) is 75.4 Å². The average molecular weight is 366 g/mol. The normalized spacial score (nSPS) is 12.0. The molecular formula is C23H27FN2O. The number of benzene rings is 2. The summed E-state index contributed by atoms with van der Waals surface area (Å²) in [7, 11) is 0. The lowest BCUT2D eigenvalue weighted by Gasteiger charge is -2.19. The Labute approximate surface area is 161 Å². The zero-order chi connectivity index (χ0) is 19.6. The van der Waals surface area contributed by atoms with Crippen molar-refractivity contribution >= 4 is 17.2 Å². The molecule has 2 aromatic carbocycles. The van der Waals surface area contributed by atoms with Gasteiger partial charge in [-0.05, 0) is 36.2 Å². The molecule has 1 amide bonds. The van der Waals surface area contributed by atoms with Crippen LogP contribution < -0.4 is 10.6 Å². The molecule has 0 spiro atoms. The second kappa shape index (κ2) is 10.3. The first-order valence-corrected chi connectivity index (χ1v) is 9.33. The van der Waals surface area contributed by atoms with Gasteiger partial charge >= 0.3 is 0 Å². The van der Waals surface area contributed by atoms with Gasteiger partial charge < -0.3 is 10.6 Å². The molecule has 3 nitrogen and oxygen atoms in total. The molecule has 0 aromatic heterocycles. The minimum atomic E-state index is -0.475. The van der Waals surface area contributed by atoms with E-state index in [1.807, 2.05) is 50.3 Å². The van der Waals surface area contributed by atoms with Crippen LogP contribution in [0.2, 0.25) is 0 Å². The second-order valence-electron chi connectivity index (χ2n) is 6.31. The van der Waals surface area contributed by atoms with E-state index < -0.39 is 11.9 Å². The molecule has 2 N–H and O–H groups in total. The standard InChI is InChI=1S/C23H27FN2O/c1-4-6-16-25-21(11-5-2)23(27)26-22-19(14-10-15-20(22)24)17(3)18-12-8-7-9-13-18/h6-10,12-16,21,25H,3-5,11H2,1-2H3,(H,26,27)/b16-6-. The number of para-hydroxylation sites is 1. The van der Waals surface area contributed by atoms with Crippen LogP contribution in [-0.4, -0.2) is 11.9 Å². The maximum Gasteiger partial charge on any atom is 0.246 e. The van der Waals surface area contributed by atoms with Gasteiger partial charge in [0.15, 0.2) is 0 Å². The average Bonchev–Trinajstić information content (AvgIpc) is 2.69. The van der Waals surface area contributed by atoms with E-state index in [-0.39, 0.29) is 11.6 Å². The maximum atomic E-state index is 14.6. The van der Waals surface area contributed by atoms with Gasteiger partial charge in [-0.2, -0.15) is 0 Å². The van der Waals surface area contributed by atoms with Gasteiger partial charge in [0.1, 0.15) is 11.9 Å². The number of allylic oxidation sites excluding steroid dienone is 1. The second-order valence-corrected chi connectivity index (χ2v) is 6.31. The summed E-state index contributed by atoms with van der Waals surface area (Å²) in [4.78, 5) is 12.8. The molecule has 0 aliphatic carbocycles. The van der Waals surface area contributed by atoms with Gasteiger partial charge in [-0.25, -0.2) is 4.39 Å². The lowest BCUT2D eigenvalue weighted by atomic mass is 9.97. The van der Waals surface area contributed by atoms with Crippen molar-refractivity contribution in [1.82, 2.24) is 5.32 Å². The van der Waals surface area contributed by atoms with Gasteiger partial charge in [-0.15, -0.1) is 0 Å². The van der Waals surface area contributed by atoms with Crippen LogP contribution in [0.1, 0.15) is 44.2 Å². The zero-order valence-corrected chi connectivity index (χ0v) is 16.0. The molecule has 0 saturated carbocycles. The maximum absolute atomic E-state index is 14.6. The summed E-state index contributed by atoms with van der Waals surface area (Å²) in [5, 5.41) is 5.87. The molecule has 0 aliphatic rings. The highest BCUT2D eigenvalue weighted by Crippen LogP contribution is 2.30. The first kappa shape index (κ1) is 20.4. The van der Waals surface area contributed by atoms with E-state index in [1.165, 1.54) is 6.07 Å². The third-order valence-electron chi connectivity index (χ3n) is 4.25. The highest BCUT2D eigenvalue weighted by atomic mass is 19.1. The van der Waals surface area contributed by atoms with Crippen LogP contribution in [0.25, 0.3) is 5.57 Å². The lowest BCUT2D eigenvalue weighted by Crippen LogP contribution is -2.38. The molecule has 0 fully saturated rings. The molecule has 0 saturated heterocycles. The molecule has 0 bridgehead atoms. The van der Waals surface area contributed by atoms with E-state index in [1.54, 1.807) is 18.3 Å². The van der Waals surface area contributed by atoms with E-state index in [0.29, 0.717) is 17.6 Å². The SMILES string of the molecule is C=C(c1ccccc1)c1cccc(F)c1NC(=O)C(CCC)N/C=C\CC. The van der Waals surface area contributed by atoms with Crippen LogP contribution in [0.4, 0.5) is 10.1 Å². The Balaban J connectivity index is 2.28. The predicted octanol–water partition coefficient (Wildman–Crippen LogP) is 5.51. The minimum absolute atomic E-state index is 0.165. The highest BCUT2D eigenvalue weighted by molar-refractivity contribution is 5.98. The molecule has 27 heavy (non-hydrogen) atoms. The topological polar surface area (TPSA) is 41.1 Å².